The van der Waals surface area contributed by atoms with Gasteiger partial charge in [0.15, 0.2) is 5.65 Å². The monoisotopic (exact) mass is 448 g/mol. The van der Waals surface area contributed by atoms with Crippen molar-refractivity contribution in [2.75, 3.05) is 5.32 Å². The van der Waals surface area contributed by atoms with Crippen molar-refractivity contribution in [3.63, 3.8) is 0 Å². The maximum absolute atomic E-state index is 13.5. The summed E-state index contributed by atoms with van der Waals surface area (Å²) < 4.78 is 1.79. The highest BCUT2D eigenvalue weighted by atomic mass is 16.1. The number of fused-ring (bicyclic) bond motifs is 1. The summed E-state index contributed by atoms with van der Waals surface area (Å²) in [5.41, 5.74) is 5.55. The van der Waals surface area contributed by atoms with Crippen molar-refractivity contribution in [1.82, 2.24) is 24.7 Å². The summed E-state index contributed by atoms with van der Waals surface area (Å²) in [5, 5.41) is 8.29. The number of aromatic nitrogens is 5. The van der Waals surface area contributed by atoms with E-state index in [1.54, 1.807) is 41.7 Å². The number of nitrogens with one attached hydrogen (secondary N) is 1. The Labute approximate surface area is 197 Å². The van der Waals surface area contributed by atoms with E-state index in [0.29, 0.717) is 34.8 Å². The van der Waals surface area contributed by atoms with Crippen molar-refractivity contribution in [2.45, 2.75) is 26.3 Å². The molecule has 1 N–H and O–H groups in total. The van der Waals surface area contributed by atoms with E-state index in [9.17, 15) is 4.79 Å². The molecule has 0 spiro atoms. The molecule has 0 unspecified atom stereocenters. The predicted molar refractivity (Wildman–Crippen MR) is 133 cm³/mol. The van der Waals surface area contributed by atoms with E-state index in [1.165, 1.54) is 0 Å². The van der Waals surface area contributed by atoms with E-state index in [2.05, 4.69) is 40.3 Å². The molecule has 34 heavy (non-hydrogen) atoms. The largest absolute Gasteiger partial charge is 0.322 e. The zero-order valence-corrected chi connectivity index (χ0v) is 19.0. The van der Waals surface area contributed by atoms with E-state index in [1.807, 2.05) is 42.5 Å². The molecular formula is C27H24N6O. The Morgan fingerprint density at radius 3 is 2.53 bits per heavy atom. The van der Waals surface area contributed by atoms with Gasteiger partial charge in [-0.1, -0.05) is 32.0 Å². The maximum atomic E-state index is 13.5. The van der Waals surface area contributed by atoms with Gasteiger partial charge in [-0.05, 0) is 53.4 Å². The molecule has 1 amide bonds. The lowest BCUT2D eigenvalue weighted by molar-refractivity contribution is 0.102. The zero-order valence-electron chi connectivity index (χ0n) is 19.0. The van der Waals surface area contributed by atoms with Crippen molar-refractivity contribution >= 4 is 22.6 Å². The number of amides is 1. The molecule has 0 saturated carbocycles. The fourth-order valence-electron chi connectivity index (χ4n) is 3.85. The predicted octanol–water partition coefficient (Wildman–Crippen LogP) is 5.31. The van der Waals surface area contributed by atoms with Crippen LogP contribution in [-0.4, -0.2) is 30.6 Å². The summed E-state index contributed by atoms with van der Waals surface area (Å²) in [4.78, 5) is 26.7. The van der Waals surface area contributed by atoms with Crippen LogP contribution in [0.25, 0.3) is 22.3 Å². The van der Waals surface area contributed by atoms with Gasteiger partial charge in [-0.25, -0.2) is 9.67 Å². The average molecular weight is 449 g/mol. The van der Waals surface area contributed by atoms with Crippen LogP contribution in [0.4, 0.5) is 5.69 Å². The summed E-state index contributed by atoms with van der Waals surface area (Å²) in [7, 11) is 0. The third kappa shape index (κ3) is 4.41. The molecule has 0 saturated heterocycles. The van der Waals surface area contributed by atoms with Crippen LogP contribution in [0, 0.1) is 0 Å². The Kier molecular flexibility index (Phi) is 5.82. The van der Waals surface area contributed by atoms with Gasteiger partial charge in [0.25, 0.3) is 5.91 Å². The van der Waals surface area contributed by atoms with Crippen LogP contribution in [0.15, 0.2) is 85.6 Å². The van der Waals surface area contributed by atoms with E-state index in [-0.39, 0.29) is 5.91 Å². The van der Waals surface area contributed by atoms with Gasteiger partial charge in [-0.2, -0.15) is 5.10 Å². The summed E-state index contributed by atoms with van der Waals surface area (Å²) in [6.07, 6.45) is 8.69. The summed E-state index contributed by atoms with van der Waals surface area (Å²) in [5.74, 6) is 0.159. The number of anilines is 1. The lowest BCUT2D eigenvalue weighted by Gasteiger charge is -2.11. The van der Waals surface area contributed by atoms with E-state index >= 15 is 0 Å². The summed E-state index contributed by atoms with van der Waals surface area (Å²) in [6, 6.07) is 17.4. The highest BCUT2D eigenvalue weighted by Gasteiger charge is 2.18. The quantitative estimate of drug-likeness (QED) is 0.380. The van der Waals surface area contributed by atoms with Gasteiger partial charge in [0.2, 0.25) is 0 Å². The van der Waals surface area contributed by atoms with Crippen LogP contribution in [0.2, 0.25) is 0 Å². The second kappa shape index (κ2) is 9.23. The van der Waals surface area contributed by atoms with Gasteiger partial charge < -0.3 is 5.32 Å². The molecule has 0 bridgehead atoms. The van der Waals surface area contributed by atoms with Crippen LogP contribution in [0.3, 0.4) is 0 Å². The standard InChI is InChI=1S/C27H24N6O/c1-18(2)20-7-3-9-22(12-20)31-27(34)23-13-25(21-8-5-11-29-15-21)32-26-24(23)16-30-33(26)17-19-6-4-10-28-14-19/h3-16,18H,17H2,1-2H3,(H,31,34). The molecule has 5 aromatic rings. The Morgan fingerprint density at radius 1 is 0.971 bits per heavy atom. The molecule has 7 heteroatoms. The van der Waals surface area contributed by atoms with Gasteiger partial charge in [0.05, 0.1) is 29.4 Å². The number of pyridine rings is 3. The maximum Gasteiger partial charge on any atom is 0.256 e. The number of benzene rings is 1. The molecule has 4 heterocycles. The van der Waals surface area contributed by atoms with Crippen molar-refractivity contribution < 1.29 is 4.79 Å². The third-order valence-electron chi connectivity index (χ3n) is 5.68. The summed E-state index contributed by atoms with van der Waals surface area (Å²) >= 11 is 0. The Hall–Kier alpha value is -4.39. The number of hydrogen-bond acceptors (Lipinski definition) is 5. The minimum Gasteiger partial charge on any atom is -0.322 e. The Balaban J connectivity index is 1.58. The average Bonchev–Trinajstić information content (AvgIpc) is 3.27. The molecule has 1 aromatic carbocycles. The van der Waals surface area contributed by atoms with E-state index in [0.717, 1.165) is 22.4 Å². The van der Waals surface area contributed by atoms with Crippen LogP contribution in [0.1, 0.15) is 41.3 Å². The second-order valence-electron chi connectivity index (χ2n) is 8.43. The Bertz CT molecular complexity index is 1440. The van der Waals surface area contributed by atoms with Gasteiger partial charge in [0.1, 0.15) is 0 Å². The van der Waals surface area contributed by atoms with Gasteiger partial charge >= 0.3 is 0 Å². The number of hydrogen-bond donors (Lipinski definition) is 1. The first kappa shape index (κ1) is 21.5. The number of carbonyl (C=O) groups excluding carboxylic acids is 1. The molecule has 4 aromatic heterocycles. The third-order valence-corrected chi connectivity index (χ3v) is 5.68. The van der Waals surface area contributed by atoms with Crippen molar-refractivity contribution in [3.05, 3.63) is 102 Å². The van der Waals surface area contributed by atoms with Crippen molar-refractivity contribution in [2.24, 2.45) is 0 Å². The van der Waals surface area contributed by atoms with E-state index in [4.69, 9.17) is 4.98 Å². The second-order valence-corrected chi connectivity index (χ2v) is 8.43. The van der Waals surface area contributed by atoms with Crippen molar-refractivity contribution in [1.29, 1.82) is 0 Å². The minimum atomic E-state index is -0.209. The fraction of sp³-hybridized carbons (Fsp3) is 0.148. The first-order chi connectivity index (χ1) is 16.6. The molecule has 0 aliphatic rings. The van der Waals surface area contributed by atoms with Crippen molar-refractivity contribution in [3.8, 4) is 11.3 Å². The first-order valence-electron chi connectivity index (χ1n) is 11.2. The summed E-state index contributed by atoms with van der Waals surface area (Å²) in [6.45, 7) is 4.76. The first-order valence-corrected chi connectivity index (χ1v) is 11.2. The number of carbonyl (C=O) groups is 1. The lowest BCUT2D eigenvalue weighted by atomic mass is 10.0. The van der Waals surface area contributed by atoms with Crippen LogP contribution in [-0.2, 0) is 6.54 Å². The highest BCUT2D eigenvalue weighted by molar-refractivity contribution is 6.12. The molecule has 0 radical (unpaired) electrons. The molecular weight excluding hydrogens is 424 g/mol. The SMILES string of the molecule is CC(C)c1cccc(NC(=O)c2cc(-c3cccnc3)nc3c2cnn3Cc2cccnc2)c1. The van der Waals surface area contributed by atoms with Crippen LogP contribution < -0.4 is 5.32 Å². The smallest absolute Gasteiger partial charge is 0.256 e. The molecule has 0 aliphatic heterocycles. The van der Waals surface area contributed by atoms with Crippen LogP contribution in [0.5, 0.6) is 0 Å². The fourth-order valence-corrected chi connectivity index (χ4v) is 3.85. The van der Waals surface area contributed by atoms with Gasteiger partial charge in [-0.15, -0.1) is 0 Å². The molecule has 7 nitrogen and oxygen atoms in total. The van der Waals surface area contributed by atoms with Gasteiger partial charge in [-0.3, -0.25) is 14.8 Å². The minimum absolute atomic E-state index is 0.209. The topological polar surface area (TPSA) is 85.6 Å². The van der Waals surface area contributed by atoms with Crippen LogP contribution >= 0.6 is 0 Å². The number of rotatable bonds is 6. The van der Waals surface area contributed by atoms with Gasteiger partial charge in [0, 0.05) is 36.0 Å². The normalized spacial score (nSPS) is 11.1. The molecule has 0 atom stereocenters. The lowest BCUT2D eigenvalue weighted by Crippen LogP contribution is -2.13. The Morgan fingerprint density at radius 2 is 1.79 bits per heavy atom. The molecule has 168 valence electrons. The van der Waals surface area contributed by atoms with E-state index < -0.39 is 0 Å². The molecule has 0 fully saturated rings. The molecule has 5 rings (SSSR count). The molecule has 0 aliphatic carbocycles. The highest BCUT2D eigenvalue weighted by Crippen LogP contribution is 2.26. The zero-order chi connectivity index (χ0) is 23.5. The number of nitrogens with zero attached hydrogens (tertiary/aromatic N) is 5.